The summed E-state index contributed by atoms with van der Waals surface area (Å²) in [5, 5.41) is 0. The predicted molar refractivity (Wildman–Crippen MR) is 30.0 cm³/mol. The van der Waals surface area contributed by atoms with Crippen molar-refractivity contribution in [2.45, 2.75) is 0 Å². The first-order valence-corrected chi connectivity index (χ1v) is 2.42. The van der Waals surface area contributed by atoms with Gasteiger partial charge in [-0.15, -0.1) is 0 Å². The molecule has 4 heteroatoms. The largest absolute Gasteiger partial charge is 0.382 e. The van der Waals surface area contributed by atoms with Gasteiger partial charge in [0.1, 0.15) is 6.73 Å². The Morgan fingerprint density at radius 1 is 1.50 bits per heavy atom. The van der Waals surface area contributed by atoms with Gasteiger partial charge in [0.05, 0.1) is 13.2 Å². The highest BCUT2D eigenvalue weighted by atomic mass is 16.5. The van der Waals surface area contributed by atoms with E-state index >= 15 is 0 Å². The molecule has 0 aromatic rings. The number of nitrogens with one attached hydrogen (secondary N) is 1. The Morgan fingerprint density at radius 3 is 2.75 bits per heavy atom. The Hall–Kier alpha value is -0.160. The second kappa shape index (κ2) is 6.84. The zero-order valence-electron chi connectivity index (χ0n) is 5.02. The van der Waals surface area contributed by atoms with Gasteiger partial charge in [-0.05, 0) is 0 Å². The maximum absolute atomic E-state index is 4.89. The van der Waals surface area contributed by atoms with Gasteiger partial charge in [-0.1, -0.05) is 0 Å². The summed E-state index contributed by atoms with van der Waals surface area (Å²) in [5.41, 5.74) is 2.35. The van der Waals surface area contributed by atoms with Crippen molar-refractivity contribution in [3.05, 3.63) is 0 Å². The summed E-state index contributed by atoms with van der Waals surface area (Å²) in [7, 11) is 1.62. The number of rotatable bonds is 5. The number of nitrogens with two attached hydrogens (primary N) is 1. The molecule has 0 aromatic heterocycles. The van der Waals surface area contributed by atoms with E-state index in [0.29, 0.717) is 19.9 Å². The van der Waals surface area contributed by atoms with Crippen molar-refractivity contribution >= 4 is 0 Å². The van der Waals surface area contributed by atoms with Gasteiger partial charge in [-0.25, -0.2) is 5.43 Å². The normalized spacial score (nSPS) is 9.75. The van der Waals surface area contributed by atoms with Gasteiger partial charge in [-0.3, -0.25) is 5.84 Å². The first-order chi connectivity index (χ1) is 3.91. The van der Waals surface area contributed by atoms with Crippen LogP contribution in [-0.4, -0.2) is 27.1 Å². The third kappa shape index (κ3) is 5.84. The molecule has 4 nitrogen and oxygen atoms in total. The van der Waals surface area contributed by atoms with Gasteiger partial charge in [0.25, 0.3) is 0 Å². The van der Waals surface area contributed by atoms with E-state index in [1.54, 1.807) is 7.11 Å². The van der Waals surface area contributed by atoms with Crippen LogP contribution in [0.15, 0.2) is 0 Å². The molecular weight excluding hydrogens is 108 g/mol. The minimum absolute atomic E-state index is 0.378. The monoisotopic (exact) mass is 120 g/mol. The molecule has 0 aliphatic heterocycles. The molecule has 0 bridgehead atoms. The van der Waals surface area contributed by atoms with E-state index < -0.39 is 0 Å². The van der Waals surface area contributed by atoms with Gasteiger partial charge >= 0.3 is 0 Å². The average Bonchev–Trinajstić information content (AvgIpc) is 1.81. The lowest BCUT2D eigenvalue weighted by Gasteiger charge is -1.99. The fourth-order valence-electron chi connectivity index (χ4n) is 0.273. The minimum atomic E-state index is 0.378. The highest BCUT2D eigenvalue weighted by Gasteiger charge is 1.80. The molecule has 0 aromatic carbocycles. The Morgan fingerprint density at radius 2 is 2.25 bits per heavy atom. The number of hydrogen-bond acceptors (Lipinski definition) is 4. The maximum atomic E-state index is 4.89. The first-order valence-electron chi connectivity index (χ1n) is 2.42. The quantitative estimate of drug-likeness (QED) is 0.213. The molecule has 0 fully saturated rings. The van der Waals surface area contributed by atoms with Crippen LogP contribution in [0, 0.1) is 0 Å². The summed E-state index contributed by atoms with van der Waals surface area (Å²) < 4.78 is 9.56. The van der Waals surface area contributed by atoms with Crippen LogP contribution in [-0.2, 0) is 9.47 Å². The van der Waals surface area contributed by atoms with Crippen molar-refractivity contribution in [2.24, 2.45) is 5.84 Å². The molecule has 0 atom stereocenters. The summed E-state index contributed by atoms with van der Waals surface area (Å²) >= 11 is 0. The zero-order chi connectivity index (χ0) is 6.24. The Balaban J connectivity index is 2.53. The summed E-state index contributed by atoms with van der Waals surface area (Å²) in [5.74, 6) is 4.89. The highest BCUT2D eigenvalue weighted by molar-refractivity contribution is 4.22. The van der Waals surface area contributed by atoms with Crippen LogP contribution >= 0.6 is 0 Å². The lowest BCUT2D eigenvalue weighted by atomic mass is 10.8. The van der Waals surface area contributed by atoms with Gasteiger partial charge in [0.2, 0.25) is 0 Å². The Kier molecular flexibility index (Phi) is 6.70. The van der Waals surface area contributed by atoms with Gasteiger partial charge < -0.3 is 9.47 Å². The SMILES string of the molecule is COCCOCNN. The molecule has 0 heterocycles. The molecule has 0 aliphatic carbocycles. The molecule has 0 radical (unpaired) electrons. The lowest BCUT2D eigenvalue weighted by molar-refractivity contribution is 0.0611. The maximum Gasteiger partial charge on any atom is 0.109 e. The third-order valence-electron chi connectivity index (χ3n) is 0.617. The van der Waals surface area contributed by atoms with Crippen molar-refractivity contribution < 1.29 is 9.47 Å². The summed E-state index contributed by atoms with van der Waals surface area (Å²) in [6.07, 6.45) is 0. The summed E-state index contributed by atoms with van der Waals surface area (Å²) in [6, 6.07) is 0. The second-order valence-electron chi connectivity index (χ2n) is 1.25. The molecule has 0 spiro atoms. The molecule has 50 valence electrons. The van der Waals surface area contributed by atoms with E-state index in [9.17, 15) is 0 Å². The third-order valence-corrected chi connectivity index (χ3v) is 0.617. The average molecular weight is 120 g/mol. The van der Waals surface area contributed by atoms with Crippen molar-refractivity contribution in [3.8, 4) is 0 Å². The molecule has 0 saturated carbocycles. The standard InChI is InChI=1S/C4H12N2O2/c1-7-2-3-8-4-6-5/h6H,2-5H2,1H3. The number of methoxy groups -OCH3 is 1. The van der Waals surface area contributed by atoms with Crippen LogP contribution in [0.5, 0.6) is 0 Å². The second-order valence-corrected chi connectivity index (χ2v) is 1.25. The van der Waals surface area contributed by atoms with Crippen LogP contribution < -0.4 is 11.3 Å². The van der Waals surface area contributed by atoms with Crippen molar-refractivity contribution in [2.75, 3.05) is 27.1 Å². The van der Waals surface area contributed by atoms with E-state index in [4.69, 9.17) is 15.3 Å². The molecule has 0 rings (SSSR count). The number of hydrogen-bond donors (Lipinski definition) is 2. The predicted octanol–water partition coefficient (Wildman–Crippen LogP) is -0.930. The lowest BCUT2D eigenvalue weighted by Crippen LogP contribution is -2.25. The molecule has 0 aliphatic rings. The van der Waals surface area contributed by atoms with Crippen molar-refractivity contribution in [1.82, 2.24) is 5.43 Å². The van der Waals surface area contributed by atoms with Gasteiger partial charge in [-0.2, -0.15) is 0 Å². The Bertz CT molecular complexity index is 37.0. The Labute approximate surface area is 48.9 Å². The number of ether oxygens (including phenoxy) is 2. The van der Waals surface area contributed by atoms with Crippen LogP contribution in [0.3, 0.4) is 0 Å². The molecule has 0 saturated heterocycles. The van der Waals surface area contributed by atoms with E-state index in [-0.39, 0.29) is 0 Å². The summed E-state index contributed by atoms with van der Waals surface area (Å²) in [6.45, 7) is 1.58. The van der Waals surface area contributed by atoms with Crippen LogP contribution in [0.2, 0.25) is 0 Å². The fraction of sp³-hybridized carbons (Fsp3) is 1.00. The van der Waals surface area contributed by atoms with E-state index in [1.807, 2.05) is 0 Å². The van der Waals surface area contributed by atoms with Crippen LogP contribution in [0.1, 0.15) is 0 Å². The molecule has 0 unspecified atom stereocenters. The van der Waals surface area contributed by atoms with Crippen LogP contribution in [0.4, 0.5) is 0 Å². The molecular formula is C4H12N2O2. The molecule has 3 N–H and O–H groups in total. The smallest absolute Gasteiger partial charge is 0.109 e. The molecule has 8 heavy (non-hydrogen) atoms. The topological polar surface area (TPSA) is 56.5 Å². The van der Waals surface area contributed by atoms with Gasteiger partial charge in [0, 0.05) is 7.11 Å². The first kappa shape index (κ1) is 7.84. The number of hydrazine groups is 1. The minimum Gasteiger partial charge on any atom is -0.382 e. The van der Waals surface area contributed by atoms with Crippen molar-refractivity contribution in [1.29, 1.82) is 0 Å². The van der Waals surface area contributed by atoms with Gasteiger partial charge in [0.15, 0.2) is 0 Å². The van der Waals surface area contributed by atoms with Crippen LogP contribution in [0.25, 0.3) is 0 Å². The fourth-order valence-corrected chi connectivity index (χ4v) is 0.273. The summed E-state index contributed by atoms with van der Waals surface area (Å²) in [4.78, 5) is 0. The zero-order valence-corrected chi connectivity index (χ0v) is 5.02. The van der Waals surface area contributed by atoms with E-state index in [1.165, 1.54) is 0 Å². The molecule has 0 amide bonds. The van der Waals surface area contributed by atoms with Crippen molar-refractivity contribution in [3.63, 3.8) is 0 Å². The van der Waals surface area contributed by atoms with E-state index in [2.05, 4.69) is 5.43 Å². The van der Waals surface area contributed by atoms with E-state index in [0.717, 1.165) is 0 Å². The highest BCUT2D eigenvalue weighted by Crippen LogP contribution is 1.69.